The molecule has 0 spiro atoms. The maximum atomic E-state index is 13.1. The van der Waals surface area contributed by atoms with E-state index >= 15 is 0 Å². The summed E-state index contributed by atoms with van der Waals surface area (Å²) in [6.07, 6.45) is 2.33. The molecule has 0 bridgehead atoms. The Kier molecular flexibility index (Phi) is 10.1. The summed E-state index contributed by atoms with van der Waals surface area (Å²) < 4.78 is 12.7. The second-order valence-corrected chi connectivity index (χ2v) is 14.0. The van der Waals surface area contributed by atoms with Crippen LogP contribution < -0.4 is 10.4 Å². The van der Waals surface area contributed by atoms with Gasteiger partial charge in [0.1, 0.15) is 5.78 Å². The van der Waals surface area contributed by atoms with E-state index in [2.05, 4.69) is 76.2 Å². The number of benzene rings is 2. The van der Waals surface area contributed by atoms with Crippen molar-refractivity contribution in [3.63, 3.8) is 0 Å². The topological polar surface area (TPSA) is 52.6 Å². The van der Waals surface area contributed by atoms with Gasteiger partial charge >= 0.3 is 5.97 Å². The van der Waals surface area contributed by atoms with Crippen LogP contribution in [0, 0.1) is 5.92 Å². The lowest BCUT2D eigenvalue weighted by Gasteiger charge is -2.46. The molecule has 5 heteroatoms. The number of esters is 1. The Labute approximate surface area is 200 Å². The number of ether oxygens (including phenoxy) is 1. The maximum Gasteiger partial charge on any atom is 0.311 e. The van der Waals surface area contributed by atoms with Crippen LogP contribution in [0.4, 0.5) is 0 Å². The number of rotatable bonds is 12. The third-order valence-electron chi connectivity index (χ3n) is 6.13. The lowest BCUT2D eigenvalue weighted by atomic mass is 9.93. The molecule has 2 aromatic rings. The molecule has 0 N–H and O–H groups in total. The predicted molar refractivity (Wildman–Crippen MR) is 137 cm³/mol. The molecule has 0 unspecified atom stereocenters. The molecular formula is C28H40O4Si. The highest BCUT2D eigenvalue weighted by atomic mass is 28.4. The SMILES string of the molecule is CCCC[C@H](O[Si](c1ccccc1)(c1ccccc1)C(C)(C)C)[C@@H](CC(C)=O)C(=O)OCC. The molecule has 0 aliphatic carbocycles. The van der Waals surface area contributed by atoms with E-state index in [9.17, 15) is 9.59 Å². The summed E-state index contributed by atoms with van der Waals surface area (Å²) >= 11 is 0. The van der Waals surface area contributed by atoms with Crippen molar-refractivity contribution in [2.24, 2.45) is 5.92 Å². The Balaban J connectivity index is 2.71. The van der Waals surface area contributed by atoms with E-state index in [1.807, 2.05) is 12.1 Å². The van der Waals surface area contributed by atoms with Gasteiger partial charge in [-0.05, 0) is 35.7 Å². The molecule has 0 radical (unpaired) electrons. The van der Waals surface area contributed by atoms with Crippen LogP contribution in [-0.4, -0.2) is 32.8 Å². The standard InChI is InChI=1S/C28H40O4Si/c1-7-9-20-26(25(21-22(3)29)27(30)31-8-2)32-33(28(4,5)6,23-16-12-10-13-17-23)24-18-14-11-15-19-24/h10-19,25-26H,7-9,20-21H2,1-6H3/t25-,26+/m1/s1. The number of Topliss-reactive ketones (excluding diaryl/α,β-unsaturated/α-hetero) is 1. The Morgan fingerprint density at radius 3 is 1.82 bits per heavy atom. The molecular weight excluding hydrogens is 428 g/mol. The van der Waals surface area contributed by atoms with Crippen molar-refractivity contribution < 1.29 is 18.8 Å². The third kappa shape index (κ3) is 6.64. The summed E-state index contributed by atoms with van der Waals surface area (Å²) in [4.78, 5) is 25.2. The van der Waals surface area contributed by atoms with Crippen molar-refractivity contribution in [2.45, 2.75) is 78.4 Å². The van der Waals surface area contributed by atoms with Crippen molar-refractivity contribution in [1.82, 2.24) is 0 Å². The smallest absolute Gasteiger partial charge is 0.311 e. The molecule has 0 saturated carbocycles. The van der Waals surface area contributed by atoms with Crippen LogP contribution in [0.3, 0.4) is 0 Å². The molecule has 33 heavy (non-hydrogen) atoms. The molecule has 4 nitrogen and oxygen atoms in total. The Morgan fingerprint density at radius 1 is 0.909 bits per heavy atom. The first-order valence-electron chi connectivity index (χ1n) is 12.1. The highest BCUT2D eigenvalue weighted by Gasteiger charge is 2.52. The zero-order valence-electron chi connectivity index (χ0n) is 21.1. The molecule has 0 aliphatic rings. The molecule has 2 atom stereocenters. The minimum absolute atomic E-state index is 0.0272. The van der Waals surface area contributed by atoms with Gasteiger partial charge in [-0.15, -0.1) is 0 Å². The van der Waals surface area contributed by atoms with E-state index in [0.29, 0.717) is 6.42 Å². The van der Waals surface area contributed by atoms with Crippen molar-refractivity contribution in [3.05, 3.63) is 60.7 Å². The number of ketones is 1. The van der Waals surface area contributed by atoms with Crippen molar-refractivity contribution in [1.29, 1.82) is 0 Å². The molecule has 0 aromatic heterocycles. The van der Waals surface area contributed by atoms with Gasteiger partial charge in [-0.25, -0.2) is 0 Å². The van der Waals surface area contributed by atoms with E-state index in [1.54, 1.807) is 6.92 Å². The molecule has 2 aromatic carbocycles. The average Bonchev–Trinajstić information content (AvgIpc) is 2.78. The van der Waals surface area contributed by atoms with Crippen LogP contribution in [0.5, 0.6) is 0 Å². The van der Waals surface area contributed by atoms with Crippen molar-refractivity contribution >= 4 is 30.4 Å². The van der Waals surface area contributed by atoms with E-state index in [-0.39, 0.29) is 29.8 Å². The van der Waals surface area contributed by atoms with Gasteiger partial charge in [-0.2, -0.15) is 0 Å². The molecule has 0 saturated heterocycles. The lowest BCUT2D eigenvalue weighted by molar-refractivity contribution is -0.153. The monoisotopic (exact) mass is 468 g/mol. The number of unbranched alkanes of at least 4 members (excludes halogenated alkanes) is 1. The van der Waals surface area contributed by atoms with Gasteiger partial charge < -0.3 is 14.0 Å². The fraction of sp³-hybridized carbons (Fsp3) is 0.500. The molecule has 0 aliphatic heterocycles. The minimum atomic E-state index is -2.86. The van der Waals surface area contributed by atoms with Crippen LogP contribution in [0.2, 0.25) is 5.04 Å². The summed E-state index contributed by atoms with van der Waals surface area (Å²) in [5.41, 5.74) is 0. The number of hydrogen-bond donors (Lipinski definition) is 0. The Bertz CT molecular complexity index is 834. The number of carbonyl (C=O) groups excluding carboxylic acids is 2. The highest BCUT2D eigenvalue weighted by molar-refractivity contribution is 6.99. The molecule has 0 fully saturated rings. The maximum absolute atomic E-state index is 13.1. The minimum Gasteiger partial charge on any atom is -0.466 e. The summed E-state index contributed by atoms with van der Waals surface area (Å²) in [5, 5.41) is 2.11. The zero-order valence-corrected chi connectivity index (χ0v) is 22.1. The largest absolute Gasteiger partial charge is 0.466 e. The molecule has 180 valence electrons. The second-order valence-electron chi connectivity index (χ2n) is 9.73. The van der Waals surface area contributed by atoms with Crippen LogP contribution in [0.15, 0.2) is 60.7 Å². The summed E-state index contributed by atoms with van der Waals surface area (Å²) in [5.74, 6) is -0.983. The zero-order chi connectivity index (χ0) is 24.5. The van der Waals surface area contributed by atoms with Gasteiger partial charge in [-0.3, -0.25) is 4.79 Å². The van der Waals surface area contributed by atoms with Gasteiger partial charge in [0.15, 0.2) is 0 Å². The van der Waals surface area contributed by atoms with Crippen LogP contribution in [0.1, 0.15) is 67.2 Å². The normalized spacial score (nSPS) is 13.9. The van der Waals surface area contributed by atoms with Crippen LogP contribution in [-0.2, 0) is 18.8 Å². The van der Waals surface area contributed by atoms with Crippen molar-refractivity contribution in [2.75, 3.05) is 6.61 Å². The quantitative estimate of drug-likeness (QED) is 0.314. The second kappa shape index (κ2) is 12.3. The first kappa shape index (κ1) is 27.0. The van der Waals surface area contributed by atoms with E-state index in [0.717, 1.165) is 23.2 Å². The van der Waals surface area contributed by atoms with Gasteiger partial charge in [-0.1, -0.05) is 101 Å². The van der Waals surface area contributed by atoms with Gasteiger partial charge in [0.05, 0.1) is 18.6 Å². The van der Waals surface area contributed by atoms with Crippen molar-refractivity contribution in [3.8, 4) is 0 Å². The van der Waals surface area contributed by atoms with Crippen LogP contribution >= 0.6 is 0 Å². The van der Waals surface area contributed by atoms with E-state index in [1.165, 1.54) is 6.92 Å². The molecule has 0 amide bonds. The third-order valence-corrected chi connectivity index (χ3v) is 11.2. The van der Waals surface area contributed by atoms with Gasteiger partial charge in [0.25, 0.3) is 8.32 Å². The van der Waals surface area contributed by atoms with E-state index in [4.69, 9.17) is 9.16 Å². The summed E-state index contributed by atoms with van der Waals surface area (Å²) in [7, 11) is -2.86. The fourth-order valence-corrected chi connectivity index (χ4v) is 9.34. The number of hydrogen-bond acceptors (Lipinski definition) is 4. The average molecular weight is 469 g/mol. The Morgan fingerprint density at radius 2 is 1.42 bits per heavy atom. The summed E-state index contributed by atoms with van der Waals surface area (Å²) in [6.45, 7) is 12.4. The molecule has 2 rings (SSSR count). The lowest BCUT2D eigenvalue weighted by Crippen LogP contribution is -2.68. The summed E-state index contributed by atoms with van der Waals surface area (Å²) in [6, 6.07) is 20.8. The highest BCUT2D eigenvalue weighted by Crippen LogP contribution is 2.39. The van der Waals surface area contributed by atoms with Gasteiger partial charge in [0, 0.05) is 6.42 Å². The predicted octanol–water partition coefficient (Wildman–Crippen LogP) is 5.28. The van der Waals surface area contributed by atoms with E-state index < -0.39 is 20.3 Å². The first-order valence-corrected chi connectivity index (χ1v) is 14.0. The Hall–Kier alpha value is -2.24. The van der Waals surface area contributed by atoms with Crippen LogP contribution in [0.25, 0.3) is 0 Å². The first-order chi connectivity index (χ1) is 15.7. The molecule has 0 heterocycles. The fourth-order valence-electron chi connectivity index (χ4n) is 4.59. The number of carbonyl (C=O) groups is 2. The van der Waals surface area contributed by atoms with Gasteiger partial charge in [0.2, 0.25) is 0 Å².